The van der Waals surface area contributed by atoms with Crippen molar-refractivity contribution in [3.8, 4) is 0 Å². The largest absolute Gasteiger partial charge is 0.462 e. The summed E-state index contributed by atoms with van der Waals surface area (Å²) < 4.78 is 4.90. The van der Waals surface area contributed by atoms with E-state index in [9.17, 15) is 9.59 Å². The van der Waals surface area contributed by atoms with Gasteiger partial charge in [0.2, 0.25) is 0 Å². The van der Waals surface area contributed by atoms with Crippen LogP contribution in [0.4, 0.5) is 5.69 Å². The highest BCUT2D eigenvalue weighted by Crippen LogP contribution is 2.12. The molecule has 0 aliphatic carbocycles. The van der Waals surface area contributed by atoms with Crippen LogP contribution < -0.4 is 5.32 Å². The van der Waals surface area contributed by atoms with Crippen molar-refractivity contribution in [3.05, 3.63) is 65.2 Å². The highest BCUT2D eigenvalue weighted by Gasteiger charge is 2.09. The zero-order valence-corrected chi connectivity index (χ0v) is 12.1. The zero-order valence-electron chi connectivity index (χ0n) is 12.1. The minimum Gasteiger partial charge on any atom is -0.462 e. The highest BCUT2D eigenvalue weighted by molar-refractivity contribution is 6.04. The van der Waals surface area contributed by atoms with Gasteiger partial charge in [0.15, 0.2) is 0 Å². The number of ether oxygens (including phenoxy) is 1. The second-order valence-electron chi connectivity index (χ2n) is 4.62. The van der Waals surface area contributed by atoms with Crippen molar-refractivity contribution in [2.75, 3.05) is 11.9 Å². The van der Waals surface area contributed by atoms with Crippen LogP contribution in [-0.2, 0) is 4.74 Å². The van der Waals surface area contributed by atoms with E-state index in [4.69, 9.17) is 4.74 Å². The van der Waals surface area contributed by atoms with Crippen LogP contribution in [0.2, 0.25) is 0 Å². The normalized spacial score (nSPS) is 10.0. The van der Waals surface area contributed by atoms with Gasteiger partial charge in [-0.15, -0.1) is 0 Å². The van der Waals surface area contributed by atoms with Crippen molar-refractivity contribution in [1.29, 1.82) is 0 Å². The Morgan fingerprint density at radius 1 is 1.05 bits per heavy atom. The Morgan fingerprint density at radius 2 is 1.71 bits per heavy atom. The first-order chi connectivity index (χ1) is 10.1. The van der Waals surface area contributed by atoms with Gasteiger partial charge in [0.1, 0.15) is 0 Å². The Bertz CT molecular complexity index is 647. The molecule has 1 amide bonds. The number of rotatable bonds is 4. The van der Waals surface area contributed by atoms with Gasteiger partial charge in [-0.1, -0.05) is 12.1 Å². The van der Waals surface area contributed by atoms with Gasteiger partial charge >= 0.3 is 5.97 Å². The third kappa shape index (κ3) is 3.92. The molecule has 0 aromatic heterocycles. The van der Waals surface area contributed by atoms with E-state index in [0.29, 0.717) is 17.7 Å². The molecule has 0 saturated heterocycles. The van der Waals surface area contributed by atoms with Gasteiger partial charge in [-0.2, -0.15) is 0 Å². The summed E-state index contributed by atoms with van der Waals surface area (Å²) in [6.45, 7) is 4.04. The topological polar surface area (TPSA) is 55.4 Å². The summed E-state index contributed by atoms with van der Waals surface area (Å²) in [4.78, 5) is 23.6. The molecule has 0 atom stereocenters. The lowest BCUT2D eigenvalue weighted by atomic mass is 10.1. The maximum absolute atomic E-state index is 12.1. The number of anilines is 1. The monoisotopic (exact) mass is 283 g/mol. The molecule has 0 unspecified atom stereocenters. The molecule has 2 rings (SSSR count). The number of benzene rings is 2. The van der Waals surface area contributed by atoms with Crippen LogP contribution in [0.3, 0.4) is 0 Å². The minimum atomic E-state index is -0.386. The average Bonchev–Trinajstić information content (AvgIpc) is 2.47. The molecule has 2 aromatic carbocycles. The molecule has 0 spiro atoms. The maximum Gasteiger partial charge on any atom is 0.338 e. The van der Waals surface area contributed by atoms with E-state index in [2.05, 4.69) is 5.32 Å². The first kappa shape index (κ1) is 14.8. The van der Waals surface area contributed by atoms with E-state index in [1.165, 1.54) is 0 Å². The summed E-state index contributed by atoms with van der Waals surface area (Å²) in [5.41, 5.74) is 2.74. The molecule has 4 nitrogen and oxygen atoms in total. The molecule has 1 N–H and O–H groups in total. The van der Waals surface area contributed by atoms with E-state index in [-0.39, 0.29) is 11.9 Å². The predicted molar refractivity (Wildman–Crippen MR) is 81.5 cm³/mol. The number of aryl methyl sites for hydroxylation is 1. The lowest BCUT2D eigenvalue weighted by molar-refractivity contribution is 0.0526. The van der Waals surface area contributed by atoms with Gasteiger partial charge in [0, 0.05) is 11.3 Å². The summed E-state index contributed by atoms with van der Waals surface area (Å²) >= 11 is 0. The number of amides is 1. The Hall–Kier alpha value is -2.62. The molecule has 0 saturated carbocycles. The van der Waals surface area contributed by atoms with Crippen LogP contribution in [0, 0.1) is 6.92 Å². The molecular formula is C17H17NO3. The van der Waals surface area contributed by atoms with E-state index < -0.39 is 0 Å². The van der Waals surface area contributed by atoms with Crippen molar-refractivity contribution < 1.29 is 14.3 Å². The first-order valence-corrected chi connectivity index (χ1v) is 6.75. The van der Waals surface area contributed by atoms with Crippen molar-refractivity contribution in [2.45, 2.75) is 13.8 Å². The summed E-state index contributed by atoms with van der Waals surface area (Å²) in [6.07, 6.45) is 0. The molecule has 2 aromatic rings. The molecule has 108 valence electrons. The van der Waals surface area contributed by atoms with Crippen molar-refractivity contribution in [1.82, 2.24) is 0 Å². The number of hydrogen-bond donors (Lipinski definition) is 1. The van der Waals surface area contributed by atoms with Gasteiger partial charge < -0.3 is 10.1 Å². The predicted octanol–water partition coefficient (Wildman–Crippen LogP) is 3.42. The van der Waals surface area contributed by atoms with E-state index in [0.717, 1.165) is 11.3 Å². The van der Waals surface area contributed by atoms with E-state index >= 15 is 0 Å². The van der Waals surface area contributed by atoms with E-state index in [1.807, 2.05) is 31.2 Å². The quantitative estimate of drug-likeness (QED) is 0.875. The molecule has 0 heterocycles. The highest BCUT2D eigenvalue weighted by atomic mass is 16.5. The maximum atomic E-state index is 12.1. The lowest BCUT2D eigenvalue weighted by Gasteiger charge is -2.07. The standard InChI is InChI=1S/C17H17NO3/c1-3-21-17(20)14-9-7-13(8-10-14)16(19)18-15-6-4-5-12(2)11-15/h4-11H,3H2,1-2H3,(H,18,19). The zero-order chi connectivity index (χ0) is 15.2. The van der Waals surface area contributed by atoms with Crippen LogP contribution in [0.1, 0.15) is 33.2 Å². The SMILES string of the molecule is CCOC(=O)c1ccc(C(=O)Nc2cccc(C)c2)cc1. The molecule has 21 heavy (non-hydrogen) atoms. The summed E-state index contributed by atoms with van der Waals surface area (Å²) in [5.74, 6) is -0.598. The smallest absolute Gasteiger partial charge is 0.338 e. The second-order valence-corrected chi connectivity index (χ2v) is 4.62. The molecule has 0 bridgehead atoms. The number of carbonyl (C=O) groups excluding carboxylic acids is 2. The molecule has 0 aliphatic heterocycles. The summed E-state index contributed by atoms with van der Waals surface area (Å²) in [7, 11) is 0. The van der Waals surface area contributed by atoms with Crippen LogP contribution in [0.5, 0.6) is 0 Å². The lowest BCUT2D eigenvalue weighted by Crippen LogP contribution is -2.12. The van der Waals surface area contributed by atoms with Gasteiger partial charge in [-0.3, -0.25) is 4.79 Å². The van der Waals surface area contributed by atoms with Crippen LogP contribution in [-0.4, -0.2) is 18.5 Å². The molecule has 0 aliphatic rings. The Balaban J connectivity index is 2.08. The van der Waals surface area contributed by atoms with Gasteiger partial charge in [0.05, 0.1) is 12.2 Å². The number of esters is 1. The van der Waals surface area contributed by atoms with Crippen LogP contribution in [0.25, 0.3) is 0 Å². The number of hydrogen-bond acceptors (Lipinski definition) is 3. The Kier molecular flexibility index (Phi) is 4.72. The van der Waals surface area contributed by atoms with Gasteiger partial charge in [0.25, 0.3) is 5.91 Å². The second kappa shape index (κ2) is 6.70. The fourth-order valence-electron chi connectivity index (χ4n) is 1.90. The first-order valence-electron chi connectivity index (χ1n) is 6.75. The van der Waals surface area contributed by atoms with Crippen molar-refractivity contribution in [2.24, 2.45) is 0 Å². The third-order valence-electron chi connectivity index (χ3n) is 2.93. The third-order valence-corrected chi connectivity index (χ3v) is 2.93. The number of carbonyl (C=O) groups is 2. The van der Waals surface area contributed by atoms with Crippen molar-refractivity contribution in [3.63, 3.8) is 0 Å². The van der Waals surface area contributed by atoms with E-state index in [1.54, 1.807) is 31.2 Å². The van der Waals surface area contributed by atoms with Gasteiger partial charge in [-0.25, -0.2) is 4.79 Å². The fraction of sp³-hybridized carbons (Fsp3) is 0.176. The summed E-state index contributed by atoms with van der Waals surface area (Å²) in [5, 5.41) is 2.82. The summed E-state index contributed by atoms with van der Waals surface area (Å²) in [6, 6.07) is 14.0. The molecule has 0 fully saturated rings. The van der Waals surface area contributed by atoms with Gasteiger partial charge in [-0.05, 0) is 55.8 Å². The number of nitrogens with one attached hydrogen (secondary N) is 1. The average molecular weight is 283 g/mol. The molecule has 4 heteroatoms. The van der Waals surface area contributed by atoms with Crippen molar-refractivity contribution >= 4 is 17.6 Å². The Morgan fingerprint density at radius 3 is 2.33 bits per heavy atom. The molecular weight excluding hydrogens is 266 g/mol. The molecule has 0 radical (unpaired) electrons. The Labute approximate surface area is 123 Å². The fourth-order valence-corrected chi connectivity index (χ4v) is 1.90. The van der Waals surface area contributed by atoms with Crippen LogP contribution in [0.15, 0.2) is 48.5 Å². The van der Waals surface area contributed by atoms with Crippen LogP contribution >= 0.6 is 0 Å². The minimum absolute atomic E-state index is 0.212.